The van der Waals surface area contributed by atoms with Crippen LogP contribution in [-0.2, 0) is 11.2 Å². The number of rotatable bonds is 20. The van der Waals surface area contributed by atoms with Crippen molar-refractivity contribution in [1.82, 2.24) is 0 Å². The molecule has 0 bridgehead atoms. The van der Waals surface area contributed by atoms with Crippen molar-refractivity contribution in [2.45, 2.75) is 136 Å². The third-order valence-electron chi connectivity index (χ3n) is 6.79. The fourth-order valence-corrected chi connectivity index (χ4v) is 4.70. The molecule has 3 heteroatoms. The van der Waals surface area contributed by atoms with E-state index in [1.807, 2.05) is 26.0 Å². The summed E-state index contributed by atoms with van der Waals surface area (Å²) < 4.78 is 0. The zero-order chi connectivity index (χ0) is 23.6. The van der Waals surface area contributed by atoms with E-state index in [2.05, 4.69) is 6.92 Å². The number of aliphatic carboxylic acids is 1. The van der Waals surface area contributed by atoms with Crippen LogP contribution in [0.1, 0.15) is 133 Å². The summed E-state index contributed by atoms with van der Waals surface area (Å²) in [5, 5.41) is 19.5. The number of carboxylic acid groups (broad SMARTS) is 1. The Balaban J connectivity index is 2.02. The molecule has 0 saturated carbocycles. The second kappa shape index (κ2) is 18.0. The van der Waals surface area contributed by atoms with Gasteiger partial charge in [-0.1, -0.05) is 122 Å². The summed E-state index contributed by atoms with van der Waals surface area (Å²) >= 11 is 0. The zero-order valence-corrected chi connectivity index (χ0v) is 21.3. The van der Waals surface area contributed by atoms with Crippen molar-refractivity contribution in [1.29, 1.82) is 0 Å². The first-order valence-electron chi connectivity index (χ1n) is 13.5. The van der Waals surface area contributed by atoms with E-state index in [4.69, 9.17) is 0 Å². The summed E-state index contributed by atoms with van der Waals surface area (Å²) in [6.07, 6.45) is 22.6. The van der Waals surface area contributed by atoms with Crippen LogP contribution in [0.25, 0.3) is 0 Å². The molecule has 1 unspecified atom stereocenters. The molecule has 0 aliphatic heterocycles. The van der Waals surface area contributed by atoms with Gasteiger partial charge in [0.05, 0.1) is 5.92 Å². The molecule has 2 N–H and O–H groups in total. The van der Waals surface area contributed by atoms with Gasteiger partial charge in [-0.2, -0.15) is 0 Å². The highest BCUT2D eigenvalue weighted by Crippen LogP contribution is 2.26. The normalized spacial score (nSPS) is 12.2. The van der Waals surface area contributed by atoms with Gasteiger partial charge in [0.25, 0.3) is 0 Å². The van der Waals surface area contributed by atoms with Crippen LogP contribution in [0.2, 0.25) is 0 Å². The van der Waals surface area contributed by atoms with Gasteiger partial charge in [-0.25, -0.2) is 0 Å². The molecule has 1 atom stereocenters. The molecule has 1 aromatic rings. The minimum absolute atomic E-state index is 0.318. The number of aromatic hydroxyl groups is 1. The highest BCUT2D eigenvalue weighted by Gasteiger charge is 2.18. The summed E-state index contributed by atoms with van der Waals surface area (Å²) in [6, 6.07) is 3.85. The van der Waals surface area contributed by atoms with Crippen molar-refractivity contribution in [3.8, 4) is 5.75 Å². The monoisotopic (exact) mass is 446 g/mol. The van der Waals surface area contributed by atoms with Gasteiger partial charge < -0.3 is 10.2 Å². The molecule has 0 heterocycles. The Morgan fingerprint density at radius 1 is 0.719 bits per heavy atom. The summed E-state index contributed by atoms with van der Waals surface area (Å²) in [7, 11) is 0. The molecule has 32 heavy (non-hydrogen) atoms. The molecular weight excluding hydrogens is 396 g/mol. The van der Waals surface area contributed by atoms with Gasteiger partial charge in [-0.3, -0.25) is 4.79 Å². The zero-order valence-electron chi connectivity index (χ0n) is 21.3. The number of carbonyl (C=O) groups is 1. The minimum Gasteiger partial charge on any atom is -0.507 e. The van der Waals surface area contributed by atoms with Crippen LogP contribution in [0.15, 0.2) is 12.1 Å². The van der Waals surface area contributed by atoms with Crippen LogP contribution in [0, 0.1) is 19.8 Å². The van der Waals surface area contributed by atoms with Crippen LogP contribution in [0.3, 0.4) is 0 Å². The molecule has 0 fully saturated rings. The van der Waals surface area contributed by atoms with Crippen molar-refractivity contribution in [2.75, 3.05) is 0 Å². The van der Waals surface area contributed by atoms with Gasteiger partial charge in [0, 0.05) is 0 Å². The Morgan fingerprint density at radius 3 is 1.47 bits per heavy atom. The van der Waals surface area contributed by atoms with E-state index < -0.39 is 5.97 Å². The lowest BCUT2D eigenvalue weighted by Crippen LogP contribution is -2.16. The Bertz CT molecular complexity index is 600. The molecule has 3 nitrogen and oxygen atoms in total. The largest absolute Gasteiger partial charge is 0.507 e. The lowest BCUT2D eigenvalue weighted by molar-refractivity contribution is -0.142. The van der Waals surface area contributed by atoms with Crippen LogP contribution in [-0.4, -0.2) is 16.2 Å². The SMILES string of the molecule is CCCCCCCCCCCCCCCCCCC(Cc1cc(C)c(O)c(C)c1)C(=O)O. The molecule has 0 saturated heterocycles. The van der Waals surface area contributed by atoms with Crippen LogP contribution in [0.5, 0.6) is 5.75 Å². The predicted octanol–water partition coefficient (Wildman–Crippen LogP) is 8.90. The van der Waals surface area contributed by atoms with Gasteiger partial charge in [0.2, 0.25) is 0 Å². The molecule has 1 aromatic carbocycles. The Hall–Kier alpha value is -1.51. The van der Waals surface area contributed by atoms with Gasteiger partial charge >= 0.3 is 5.97 Å². The number of aryl methyl sites for hydroxylation is 2. The molecule has 1 rings (SSSR count). The van der Waals surface area contributed by atoms with E-state index in [9.17, 15) is 15.0 Å². The number of unbranched alkanes of at least 4 members (excludes halogenated alkanes) is 15. The third-order valence-corrected chi connectivity index (χ3v) is 6.79. The Labute approximate surface area is 198 Å². The smallest absolute Gasteiger partial charge is 0.306 e. The highest BCUT2D eigenvalue weighted by molar-refractivity contribution is 5.70. The number of carboxylic acids is 1. The maximum atomic E-state index is 11.7. The van der Waals surface area contributed by atoms with Crippen LogP contribution >= 0.6 is 0 Å². The standard InChI is InChI=1S/C29H50O3/c1-4-5-6-7-8-9-10-11-12-13-14-15-16-17-18-19-20-27(29(31)32)23-26-21-24(2)28(30)25(3)22-26/h21-22,27,30H,4-20,23H2,1-3H3,(H,31,32). The van der Waals surface area contributed by atoms with Crippen LogP contribution in [0.4, 0.5) is 0 Å². The number of benzene rings is 1. The number of hydrogen-bond donors (Lipinski definition) is 2. The number of hydrogen-bond acceptors (Lipinski definition) is 2. The summed E-state index contributed by atoms with van der Waals surface area (Å²) in [5.74, 6) is -0.710. The number of phenolic OH excluding ortho intramolecular Hbond substituents is 1. The fraction of sp³-hybridized carbons (Fsp3) is 0.759. The van der Waals surface area contributed by atoms with Crippen molar-refractivity contribution < 1.29 is 15.0 Å². The first-order chi connectivity index (χ1) is 15.5. The Kier molecular flexibility index (Phi) is 16.0. The average Bonchev–Trinajstić information content (AvgIpc) is 2.76. The van der Waals surface area contributed by atoms with E-state index in [0.29, 0.717) is 12.2 Å². The quantitative estimate of drug-likeness (QED) is 0.197. The van der Waals surface area contributed by atoms with Crippen molar-refractivity contribution in [2.24, 2.45) is 5.92 Å². The topological polar surface area (TPSA) is 57.5 Å². The summed E-state index contributed by atoms with van der Waals surface area (Å²) in [6.45, 7) is 6.02. The molecule has 0 amide bonds. The molecule has 184 valence electrons. The first-order valence-corrected chi connectivity index (χ1v) is 13.5. The molecule has 0 spiro atoms. The molecule has 0 aliphatic carbocycles. The van der Waals surface area contributed by atoms with E-state index in [1.165, 1.54) is 89.9 Å². The molecular formula is C29H50O3. The second-order valence-electron chi connectivity index (χ2n) is 9.91. The lowest BCUT2D eigenvalue weighted by atomic mass is 9.92. The lowest BCUT2D eigenvalue weighted by Gasteiger charge is -2.14. The predicted molar refractivity (Wildman–Crippen MR) is 137 cm³/mol. The number of phenols is 1. The summed E-state index contributed by atoms with van der Waals surface area (Å²) in [5.41, 5.74) is 2.67. The van der Waals surface area contributed by atoms with Crippen molar-refractivity contribution >= 4 is 5.97 Å². The van der Waals surface area contributed by atoms with E-state index >= 15 is 0 Å². The van der Waals surface area contributed by atoms with Gasteiger partial charge in [-0.05, 0) is 43.4 Å². The fourth-order valence-electron chi connectivity index (χ4n) is 4.70. The van der Waals surface area contributed by atoms with Gasteiger partial charge in [0.1, 0.15) is 5.75 Å². The molecule has 0 aromatic heterocycles. The van der Waals surface area contributed by atoms with Crippen molar-refractivity contribution in [3.05, 3.63) is 28.8 Å². The van der Waals surface area contributed by atoms with E-state index in [0.717, 1.165) is 36.0 Å². The molecule has 0 aliphatic rings. The van der Waals surface area contributed by atoms with E-state index in [-0.39, 0.29) is 5.92 Å². The van der Waals surface area contributed by atoms with Gasteiger partial charge in [-0.15, -0.1) is 0 Å². The van der Waals surface area contributed by atoms with Crippen LogP contribution < -0.4 is 0 Å². The third kappa shape index (κ3) is 13.1. The van der Waals surface area contributed by atoms with Gasteiger partial charge in [0.15, 0.2) is 0 Å². The summed E-state index contributed by atoms with van der Waals surface area (Å²) in [4.78, 5) is 11.7. The average molecular weight is 447 g/mol. The molecule has 0 radical (unpaired) electrons. The first kappa shape index (κ1) is 28.5. The van der Waals surface area contributed by atoms with E-state index in [1.54, 1.807) is 0 Å². The van der Waals surface area contributed by atoms with Crippen molar-refractivity contribution in [3.63, 3.8) is 0 Å². The minimum atomic E-state index is -0.700. The maximum absolute atomic E-state index is 11.7. The second-order valence-corrected chi connectivity index (χ2v) is 9.91. The Morgan fingerprint density at radius 2 is 1.09 bits per heavy atom. The maximum Gasteiger partial charge on any atom is 0.306 e. The highest BCUT2D eigenvalue weighted by atomic mass is 16.4.